The second-order valence-corrected chi connectivity index (χ2v) is 5.34. The van der Waals surface area contributed by atoms with Crippen LogP contribution in [0.5, 0.6) is 0 Å². The summed E-state index contributed by atoms with van der Waals surface area (Å²) < 4.78 is 9.85. The van der Waals surface area contributed by atoms with E-state index in [2.05, 4.69) is 4.74 Å². The number of esters is 1. The molecular weight excluding hydrogens is 909 g/mol. The molecule has 1 aliphatic rings. The van der Waals surface area contributed by atoms with Crippen LogP contribution in [0.1, 0.15) is 20.8 Å². The number of methoxy groups -OCH3 is 1. The number of ether oxygens (including phenoxy) is 2. The van der Waals surface area contributed by atoms with Crippen LogP contribution >= 0.6 is 0 Å². The summed E-state index contributed by atoms with van der Waals surface area (Å²) in [5, 5.41) is 29.2. The third-order valence-electron chi connectivity index (χ3n) is 2.90. The van der Waals surface area contributed by atoms with Crippen LogP contribution < -0.4 is 0 Å². The van der Waals surface area contributed by atoms with Crippen LogP contribution in [0, 0.1) is 138 Å². The predicted molar refractivity (Wildman–Crippen MR) is 58.2 cm³/mol. The van der Waals surface area contributed by atoms with Gasteiger partial charge in [0.2, 0.25) is 0 Å². The topological polar surface area (TPSA) is 96.2 Å². The minimum absolute atomic E-state index is 0. The van der Waals surface area contributed by atoms with E-state index >= 15 is 0 Å². The van der Waals surface area contributed by atoms with Crippen molar-refractivity contribution in [1.29, 1.82) is 0 Å². The van der Waals surface area contributed by atoms with E-state index in [-0.39, 0.29) is 132 Å². The van der Waals surface area contributed by atoms with E-state index in [1.54, 1.807) is 20.8 Å². The van der Waals surface area contributed by atoms with E-state index in [1.807, 2.05) is 0 Å². The van der Waals surface area contributed by atoms with E-state index in [0.29, 0.717) is 0 Å². The van der Waals surface area contributed by atoms with Gasteiger partial charge in [-0.25, -0.2) is 4.79 Å². The third kappa shape index (κ3) is 7.25. The minimum atomic E-state index is -1.49. The zero-order chi connectivity index (χ0) is 13.4. The Hall–Kier alpha value is 3.63. The zero-order valence-corrected chi connectivity index (χ0v) is 26.4. The first-order valence-corrected chi connectivity index (χ1v) is 5.47. The summed E-state index contributed by atoms with van der Waals surface area (Å²) in [6.45, 7) is 5.42. The molecule has 20 heavy (non-hydrogen) atoms. The second kappa shape index (κ2) is 12.1. The number of carbonyl (C=O) groups is 1. The fraction of sp³-hybridized carbons (Fsp3) is 0.909. The maximum atomic E-state index is 11.4. The summed E-state index contributed by atoms with van der Waals surface area (Å²) in [6.07, 6.45) is -6.20. The molecule has 0 aromatic carbocycles. The molecule has 3 radical (unpaired) electrons. The number of carbonyl (C=O) groups excluding carboxylic acids is 1. The summed E-state index contributed by atoms with van der Waals surface area (Å²) >= 11 is 0. The van der Waals surface area contributed by atoms with Gasteiger partial charge in [0.25, 0.3) is 0 Å². The normalized spacial score (nSPS) is 33.0. The molecule has 6 nitrogen and oxygen atoms in total. The quantitative estimate of drug-likeness (QED) is 0.295. The number of hydrogen-bond acceptors (Lipinski definition) is 6. The standard InChI is InChI=1S/C11H20O6.3Ac/c1-11(2,3)9-7(14)5(12)6(13)8(17-9)10(15)16-4;;;/h5-9,12-14H,1-4H3;;;/t5-,6-,7+,8-,9+;;;/m0.../s1. The SMILES string of the molecule is COC(=O)[C@H]1O[C@@H](C(C)(C)C)[C@H](O)[C@@H](O)[C@@H]1O.[Ac].[Ac].[Ac]. The Bertz CT molecular complexity index is 296. The molecule has 0 aromatic heterocycles. The molecule has 1 heterocycles. The van der Waals surface area contributed by atoms with Gasteiger partial charge >= 0.3 is 5.97 Å². The average Bonchev–Trinajstić information content (AvgIpc) is 2.23. The first-order chi connectivity index (χ1) is 7.70. The molecule has 0 spiro atoms. The number of aliphatic hydroxyl groups is 3. The molecule has 109 valence electrons. The van der Waals surface area contributed by atoms with E-state index in [9.17, 15) is 20.1 Å². The first kappa shape index (κ1) is 28.4. The van der Waals surface area contributed by atoms with Crippen LogP contribution in [0.4, 0.5) is 0 Å². The van der Waals surface area contributed by atoms with Crippen LogP contribution in [0.15, 0.2) is 0 Å². The van der Waals surface area contributed by atoms with E-state index in [1.165, 1.54) is 7.11 Å². The minimum Gasteiger partial charge on any atom is -0.467 e. The Balaban J connectivity index is -0.000000963. The van der Waals surface area contributed by atoms with Crippen LogP contribution in [0.2, 0.25) is 0 Å². The molecule has 0 aliphatic carbocycles. The Morgan fingerprint density at radius 1 is 1.00 bits per heavy atom. The Morgan fingerprint density at radius 2 is 1.45 bits per heavy atom. The van der Waals surface area contributed by atoms with Crippen LogP contribution in [0.25, 0.3) is 0 Å². The van der Waals surface area contributed by atoms with Gasteiger partial charge < -0.3 is 24.8 Å². The summed E-state index contributed by atoms with van der Waals surface area (Å²) in [6, 6.07) is 0. The second-order valence-electron chi connectivity index (χ2n) is 5.34. The molecule has 3 N–H and O–H groups in total. The fourth-order valence-electron chi connectivity index (χ4n) is 1.91. The maximum absolute atomic E-state index is 11.4. The molecule has 0 aromatic rings. The molecule has 0 unspecified atom stereocenters. The summed E-state index contributed by atoms with van der Waals surface area (Å²) in [7, 11) is 1.17. The van der Waals surface area contributed by atoms with Crippen molar-refractivity contribution in [3.63, 3.8) is 0 Å². The van der Waals surface area contributed by atoms with Crippen molar-refractivity contribution in [3.8, 4) is 0 Å². The van der Waals surface area contributed by atoms with E-state index < -0.39 is 41.9 Å². The zero-order valence-electron chi connectivity index (χ0n) is 12.2. The van der Waals surface area contributed by atoms with Gasteiger partial charge in [-0.1, -0.05) is 20.8 Å². The molecule has 9 heteroatoms. The fourth-order valence-corrected chi connectivity index (χ4v) is 1.91. The van der Waals surface area contributed by atoms with Crippen molar-refractivity contribution >= 4 is 5.97 Å². The molecular formula is C11H20Ac3O6. The number of hydrogen-bond donors (Lipinski definition) is 3. The van der Waals surface area contributed by atoms with Gasteiger partial charge in [-0.15, -0.1) is 0 Å². The number of aliphatic hydroxyl groups excluding tert-OH is 3. The van der Waals surface area contributed by atoms with Crippen molar-refractivity contribution in [1.82, 2.24) is 0 Å². The smallest absolute Gasteiger partial charge is 0.337 e. The van der Waals surface area contributed by atoms with Crippen LogP contribution in [0.3, 0.4) is 0 Å². The summed E-state index contributed by atoms with van der Waals surface area (Å²) in [5.74, 6) is -0.766. The third-order valence-corrected chi connectivity index (χ3v) is 2.90. The van der Waals surface area contributed by atoms with Crippen molar-refractivity contribution in [2.45, 2.75) is 51.3 Å². The molecule has 1 saturated heterocycles. The van der Waals surface area contributed by atoms with Gasteiger partial charge in [0.1, 0.15) is 18.3 Å². The van der Waals surface area contributed by atoms with Gasteiger partial charge in [0, 0.05) is 132 Å². The largest absolute Gasteiger partial charge is 0.467 e. The molecule has 5 atom stereocenters. The Labute approximate surface area is 226 Å². The first-order valence-electron chi connectivity index (χ1n) is 5.47. The van der Waals surface area contributed by atoms with Crippen LogP contribution in [-0.4, -0.2) is 58.9 Å². The molecule has 1 aliphatic heterocycles. The van der Waals surface area contributed by atoms with Crippen molar-refractivity contribution < 1.29 is 162 Å². The average molecular weight is 929 g/mol. The van der Waals surface area contributed by atoms with Gasteiger partial charge in [0.05, 0.1) is 13.2 Å². The maximum Gasteiger partial charge on any atom is 0.337 e. The van der Waals surface area contributed by atoms with Crippen molar-refractivity contribution in [2.24, 2.45) is 5.41 Å². The van der Waals surface area contributed by atoms with Gasteiger partial charge in [-0.2, -0.15) is 0 Å². The van der Waals surface area contributed by atoms with E-state index in [4.69, 9.17) is 4.74 Å². The van der Waals surface area contributed by atoms with Crippen LogP contribution in [-0.2, 0) is 14.3 Å². The molecule has 0 bridgehead atoms. The van der Waals surface area contributed by atoms with Gasteiger partial charge in [-0.05, 0) is 5.41 Å². The Kier molecular flexibility index (Phi) is 17.2. The van der Waals surface area contributed by atoms with Gasteiger partial charge in [0.15, 0.2) is 6.10 Å². The molecule has 0 saturated carbocycles. The Morgan fingerprint density at radius 3 is 1.80 bits per heavy atom. The van der Waals surface area contributed by atoms with Crippen molar-refractivity contribution in [3.05, 3.63) is 0 Å². The summed E-state index contributed by atoms with van der Waals surface area (Å²) in [4.78, 5) is 11.4. The van der Waals surface area contributed by atoms with Gasteiger partial charge in [-0.3, -0.25) is 0 Å². The summed E-state index contributed by atoms with van der Waals surface area (Å²) in [5.41, 5.74) is -0.479. The molecule has 1 fully saturated rings. The number of rotatable bonds is 1. The predicted octanol–water partition coefficient (Wildman–Crippen LogP) is -0.944. The monoisotopic (exact) mass is 929 g/mol. The molecule has 1 rings (SSSR count). The van der Waals surface area contributed by atoms with E-state index in [0.717, 1.165) is 0 Å². The van der Waals surface area contributed by atoms with Crippen molar-refractivity contribution in [2.75, 3.05) is 7.11 Å². The molecule has 0 amide bonds.